The van der Waals surface area contributed by atoms with Crippen molar-refractivity contribution in [1.82, 2.24) is 5.32 Å². The highest BCUT2D eigenvalue weighted by molar-refractivity contribution is 5.67. The Hall–Kier alpha value is -1.17. The molecular weight excluding hydrogens is 130 g/mol. The van der Waals surface area contributed by atoms with Crippen molar-refractivity contribution >= 4 is 6.09 Å². The molecule has 0 radical (unpaired) electrons. The zero-order valence-corrected chi connectivity index (χ0v) is 6.39. The number of carbonyl (C=O) groups is 1. The minimum Gasteiger partial charge on any atom is -0.453 e. The highest BCUT2D eigenvalue weighted by Gasteiger charge is 2.00. The van der Waals surface area contributed by atoms with Crippen molar-refractivity contribution in [3.05, 3.63) is 0 Å². The van der Waals surface area contributed by atoms with Crippen LogP contribution in [0.1, 0.15) is 13.8 Å². The first-order valence-electron chi connectivity index (χ1n) is 2.97. The summed E-state index contributed by atoms with van der Waals surface area (Å²) in [7, 11) is 1.32. The van der Waals surface area contributed by atoms with Crippen LogP contribution in [0.3, 0.4) is 0 Å². The van der Waals surface area contributed by atoms with Crippen LogP contribution >= 0.6 is 0 Å². The molecule has 56 valence electrons. The Morgan fingerprint density at radius 3 is 2.70 bits per heavy atom. The molecule has 0 aromatic rings. The summed E-state index contributed by atoms with van der Waals surface area (Å²) in [5.74, 6) is 5.43. The topological polar surface area (TPSA) is 38.3 Å². The largest absolute Gasteiger partial charge is 0.453 e. The molecule has 0 aromatic heterocycles. The minimum absolute atomic E-state index is 0.141. The summed E-state index contributed by atoms with van der Waals surface area (Å²) in [6.45, 7) is 3.50. The highest BCUT2D eigenvalue weighted by Crippen LogP contribution is 1.79. The molecule has 0 spiro atoms. The van der Waals surface area contributed by atoms with Gasteiger partial charge in [0.25, 0.3) is 0 Å². The van der Waals surface area contributed by atoms with E-state index in [2.05, 4.69) is 21.9 Å². The molecular formula is C7H11NO2. The fraction of sp³-hybridized carbons (Fsp3) is 0.571. The van der Waals surface area contributed by atoms with E-state index < -0.39 is 6.09 Å². The third-order valence-electron chi connectivity index (χ3n) is 0.881. The first kappa shape index (κ1) is 8.83. The number of carbonyl (C=O) groups excluding carboxylic acids is 1. The van der Waals surface area contributed by atoms with Crippen molar-refractivity contribution < 1.29 is 9.53 Å². The van der Waals surface area contributed by atoms with Gasteiger partial charge in [0, 0.05) is 0 Å². The number of hydrogen-bond donors (Lipinski definition) is 1. The Morgan fingerprint density at radius 2 is 2.30 bits per heavy atom. The Balaban J connectivity index is 3.64. The summed E-state index contributed by atoms with van der Waals surface area (Å²) >= 11 is 0. The Kier molecular flexibility index (Phi) is 4.14. The number of hydrogen-bond acceptors (Lipinski definition) is 2. The molecule has 0 saturated carbocycles. The monoisotopic (exact) mass is 141 g/mol. The summed E-state index contributed by atoms with van der Waals surface area (Å²) in [4.78, 5) is 10.5. The molecule has 1 amide bonds. The van der Waals surface area contributed by atoms with Gasteiger partial charge in [-0.2, -0.15) is 0 Å². The smallest absolute Gasteiger partial charge is 0.407 e. The molecule has 0 aliphatic rings. The normalized spacial score (nSPS) is 10.7. The van der Waals surface area contributed by atoms with Gasteiger partial charge in [0.2, 0.25) is 0 Å². The molecule has 0 rings (SSSR count). The molecule has 0 aromatic carbocycles. The third kappa shape index (κ3) is 3.79. The standard InChI is InChI=1S/C7H11NO2/c1-4-5-6(2)8-7(9)10-3/h6H,1-3H3,(H,8,9)/t6-/m1/s1. The van der Waals surface area contributed by atoms with Gasteiger partial charge in [0.15, 0.2) is 0 Å². The second kappa shape index (κ2) is 4.68. The Labute approximate surface area is 60.8 Å². The van der Waals surface area contributed by atoms with Gasteiger partial charge in [-0.25, -0.2) is 4.79 Å². The zero-order chi connectivity index (χ0) is 7.98. The summed E-state index contributed by atoms with van der Waals surface area (Å²) in [6.07, 6.45) is -0.449. The van der Waals surface area contributed by atoms with Crippen molar-refractivity contribution in [2.45, 2.75) is 19.9 Å². The highest BCUT2D eigenvalue weighted by atomic mass is 16.5. The zero-order valence-electron chi connectivity index (χ0n) is 6.39. The third-order valence-corrected chi connectivity index (χ3v) is 0.881. The molecule has 0 aliphatic carbocycles. The summed E-state index contributed by atoms with van der Waals surface area (Å²) < 4.78 is 4.35. The number of alkyl carbamates (subject to hydrolysis) is 1. The molecule has 0 fully saturated rings. The number of nitrogens with one attached hydrogen (secondary N) is 1. The van der Waals surface area contributed by atoms with Crippen LogP contribution < -0.4 is 5.32 Å². The predicted octanol–water partition coefficient (Wildman–Crippen LogP) is 0.754. The summed E-state index contributed by atoms with van der Waals surface area (Å²) in [5, 5.41) is 2.50. The summed E-state index contributed by atoms with van der Waals surface area (Å²) in [6, 6.07) is -0.141. The molecule has 0 saturated heterocycles. The van der Waals surface area contributed by atoms with Crippen LogP contribution in [0.25, 0.3) is 0 Å². The molecule has 1 N–H and O–H groups in total. The molecule has 0 aliphatic heterocycles. The van der Waals surface area contributed by atoms with Crippen molar-refractivity contribution in [3.8, 4) is 11.8 Å². The van der Waals surface area contributed by atoms with Gasteiger partial charge in [-0.15, -0.1) is 5.92 Å². The Bertz CT molecular complexity index is 166. The van der Waals surface area contributed by atoms with Crippen LogP contribution in [0.15, 0.2) is 0 Å². The van der Waals surface area contributed by atoms with Gasteiger partial charge >= 0.3 is 6.09 Å². The van der Waals surface area contributed by atoms with E-state index in [0.29, 0.717) is 0 Å². The fourth-order valence-electron chi connectivity index (χ4n) is 0.488. The van der Waals surface area contributed by atoms with Gasteiger partial charge in [0.1, 0.15) is 0 Å². The molecule has 3 heteroatoms. The molecule has 0 bridgehead atoms. The maximum atomic E-state index is 10.5. The van der Waals surface area contributed by atoms with E-state index in [1.165, 1.54) is 7.11 Å². The maximum absolute atomic E-state index is 10.5. The van der Waals surface area contributed by atoms with E-state index in [4.69, 9.17) is 0 Å². The minimum atomic E-state index is -0.449. The second-order valence-corrected chi connectivity index (χ2v) is 1.75. The lowest BCUT2D eigenvalue weighted by molar-refractivity contribution is 0.169. The number of ether oxygens (including phenoxy) is 1. The summed E-state index contributed by atoms with van der Waals surface area (Å²) in [5.41, 5.74) is 0. The van der Waals surface area contributed by atoms with E-state index in [1.54, 1.807) is 13.8 Å². The van der Waals surface area contributed by atoms with E-state index in [0.717, 1.165) is 0 Å². The van der Waals surface area contributed by atoms with Gasteiger partial charge in [0.05, 0.1) is 13.2 Å². The van der Waals surface area contributed by atoms with Crippen LogP contribution in [0, 0.1) is 11.8 Å². The lowest BCUT2D eigenvalue weighted by Gasteiger charge is -2.04. The number of rotatable bonds is 1. The maximum Gasteiger partial charge on any atom is 0.407 e. The van der Waals surface area contributed by atoms with Crippen molar-refractivity contribution in [3.63, 3.8) is 0 Å². The van der Waals surface area contributed by atoms with E-state index in [-0.39, 0.29) is 6.04 Å². The fourth-order valence-corrected chi connectivity index (χ4v) is 0.488. The molecule has 10 heavy (non-hydrogen) atoms. The lowest BCUT2D eigenvalue weighted by Crippen LogP contribution is -2.31. The predicted molar refractivity (Wildman–Crippen MR) is 38.5 cm³/mol. The van der Waals surface area contributed by atoms with Crippen LogP contribution in [0.4, 0.5) is 4.79 Å². The van der Waals surface area contributed by atoms with E-state index >= 15 is 0 Å². The van der Waals surface area contributed by atoms with Gasteiger partial charge in [-0.3, -0.25) is 0 Å². The molecule has 0 unspecified atom stereocenters. The first-order valence-corrected chi connectivity index (χ1v) is 2.97. The quantitative estimate of drug-likeness (QED) is 0.547. The van der Waals surface area contributed by atoms with E-state index in [9.17, 15) is 4.79 Å². The van der Waals surface area contributed by atoms with Crippen molar-refractivity contribution in [2.24, 2.45) is 0 Å². The molecule has 1 atom stereocenters. The SMILES string of the molecule is CC#C[C@@H](C)NC(=O)OC. The lowest BCUT2D eigenvalue weighted by atomic mass is 10.3. The van der Waals surface area contributed by atoms with Crippen LogP contribution in [0.2, 0.25) is 0 Å². The van der Waals surface area contributed by atoms with Crippen LogP contribution in [-0.4, -0.2) is 19.2 Å². The Morgan fingerprint density at radius 1 is 1.70 bits per heavy atom. The average Bonchev–Trinajstić information content (AvgIpc) is 1.88. The van der Waals surface area contributed by atoms with Crippen LogP contribution in [0.5, 0.6) is 0 Å². The van der Waals surface area contributed by atoms with Crippen molar-refractivity contribution in [2.75, 3.05) is 7.11 Å². The number of methoxy groups -OCH3 is 1. The second-order valence-electron chi connectivity index (χ2n) is 1.75. The van der Waals surface area contributed by atoms with Crippen LogP contribution in [-0.2, 0) is 4.74 Å². The number of amides is 1. The molecule has 0 heterocycles. The van der Waals surface area contributed by atoms with E-state index in [1.807, 2.05) is 0 Å². The van der Waals surface area contributed by atoms with Gasteiger partial charge in [-0.05, 0) is 13.8 Å². The average molecular weight is 141 g/mol. The van der Waals surface area contributed by atoms with Crippen molar-refractivity contribution in [1.29, 1.82) is 0 Å². The van der Waals surface area contributed by atoms with Gasteiger partial charge < -0.3 is 10.1 Å². The van der Waals surface area contributed by atoms with Gasteiger partial charge in [-0.1, -0.05) is 5.92 Å². The first-order chi connectivity index (χ1) is 4.70. The molecule has 3 nitrogen and oxygen atoms in total.